The molecule has 1 aromatic heterocycles. The third-order valence-electron chi connectivity index (χ3n) is 4.17. The molecule has 0 atom stereocenters. The fraction of sp³-hybridized carbons (Fsp3) is 0.312. The highest BCUT2D eigenvalue weighted by molar-refractivity contribution is 8.17. The van der Waals surface area contributed by atoms with Crippen LogP contribution < -0.4 is 0 Å². The molecule has 106 valence electrons. The van der Waals surface area contributed by atoms with Gasteiger partial charge in [-0.25, -0.2) is 0 Å². The van der Waals surface area contributed by atoms with Crippen molar-refractivity contribution >= 4 is 55.7 Å². The Bertz CT molecular complexity index is 817. The van der Waals surface area contributed by atoms with Gasteiger partial charge < -0.3 is 4.90 Å². The number of hydrogen-bond acceptors (Lipinski definition) is 4. The van der Waals surface area contributed by atoms with Crippen LogP contribution in [0.15, 0.2) is 34.2 Å². The molecule has 0 spiro atoms. The number of rotatable bonds is 2. The van der Waals surface area contributed by atoms with E-state index in [1.54, 1.807) is 4.91 Å². The maximum absolute atomic E-state index is 6.12. The molecule has 0 amide bonds. The first-order chi connectivity index (χ1) is 10.3. The smallest absolute Gasteiger partial charge is 0.168 e. The van der Waals surface area contributed by atoms with Crippen LogP contribution in [0.3, 0.4) is 0 Å². The molecule has 2 nitrogen and oxygen atoms in total. The van der Waals surface area contributed by atoms with E-state index in [4.69, 9.17) is 11.6 Å². The molecule has 5 rings (SSSR count). The molecule has 1 aromatic carbocycles. The van der Waals surface area contributed by atoms with Gasteiger partial charge in [0.05, 0.1) is 17.1 Å². The quantitative estimate of drug-likeness (QED) is 0.764. The summed E-state index contributed by atoms with van der Waals surface area (Å²) in [5.41, 5.74) is 1.43. The number of benzene rings is 1. The highest BCUT2D eigenvalue weighted by Crippen LogP contribution is 2.53. The van der Waals surface area contributed by atoms with Crippen LogP contribution in [0.25, 0.3) is 15.8 Å². The van der Waals surface area contributed by atoms with Crippen LogP contribution in [-0.4, -0.2) is 23.2 Å². The van der Waals surface area contributed by atoms with Gasteiger partial charge in [0.1, 0.15) is 0 Å². The minimum atomic E-state index is 0.770. The van der Waals surface area contributed by atoms with Crippen LogP contribution in [0.1, 0.15) is 17.7 Å². The fourth-order valence-corrected chi connectivity index (χ4v) is 5.73. The van der Waals surface area contributed by atoms with Gasteiger partial charge in [-0.05, 0) is 48.4 Å². The lowest BCUT2D eigenvalue weighted by atomic mass is 10.2. The molecule has 5 heteroatoms. The number of amidine groups is 1. The molecule has 0 unspecified atom stereocenters. The van der Waals surface area contributed by atoms with Crippen LogP contribution >= 0.6 is 34.7 Å². The monoisotopic (exact) mass is 332 g/mol. The summed E-state index contributed by atoms with van der Waals surface area (Å²) in [6.07, 6.45) is 2.67. The van der Waals surface area contributed by atoms with Crippen LogP contribution in [0, 0.1) is 5.92 Å². The van der Waals surface area contributed by atoms with Crippen LogP contribution in [0.5, 0.6) is 0 Å². The summed E-state index contributed by atoms with van der Waals surface area (Å²) in [5, 5.41) is 3.27. The Balaban J connectivity index is 1.68. The van der Waals surface area contributed by atoms with E-state index in [0.29, 0.717) is 0 Å². The highest BCUT2D eigenvalue weighted by Gasteiger charge is 2.40. The van der Waals surface area contributed by atoms with Crippen molar-refractivity contribution in [2.75, 3.05) is 13.1 Å². The predicted molar refractivity (Wildman–Crippen MR) is 93.1 cm³/mol. The van der Waals surface area contributed by atoms with Crippen LogP contribution in [-0.2, 0) is 0 Å². The van der Waals surface area contributed by atoms with Crippen LogP contribution in [0.2, 0.25) is 5.02 Å². The van der Waals surface area contributed by atoms with Crippen molar-refractivity contribution in [2.45, 2.75) is 12.8 Å². The van der Waals surface area contributed by atoms with Gasteiger partial charge in [-0.1, -0.05) is 23.4 Å². The van der Waals surface area contributed by atoms with Crippen molar-refractivity contribution in [3.8, 4) is 0 Å². The summed E-state index contributed by atoms with van der Waals surface area (Å²) in [6.45, 7) is 1.96. The van der Waals surface area contributed by atoms with Gasteiger partial charge in [0.2, 0.25) is 0 Å². The van der Waals surface area contributed by atoms with Crippen molar-refractivity contribution in [1.82, 2.24) is 4.90 Å². The normalized spacial score (nSPS) is 21.4. The largest absolute Gasteiger partial charge is 0.317 e. The average molecular weight is 333 g/mol. The van der Waals surface area contributed by atoms with Gasteiger partial charge in [-0.2, -0.15) is 0 Å². The van der Waals surface area contributed by atoms with Crippen molar-refractivity contribution in [1.29, 1.82) is 0 Å². The van der Waals surface area contributed by atoms with Crippen molar-refractivity contribution < 1.29 is 0 Å². The molecule has 3 heterocycles. The molecule has 0 N–H and O–H groups in total. The summed E-state index contributed by atoms with van der Waals surface area (Å²) in [7, 11) is 0. The molecule has 3 aliphatic rings. The van der Waals surface area contributed by atoms with E-state index in [1.807, 2.05) is 29.2 Å². The Labute approximate surface area is 136 Å². The van der Waals surface area contributed by atoms with E-state index >= 15 is 0 Å². The lowest BCUT2D eigenvalue weighted by Crippen LogP contribution is -2.19. The minimum absolute atomic E-state index is 0.770. The zero-order valence-corrected chi connectivity index (χ0v) is 13.7. The number of thioether (sulfide) groups is 1. The minimum Gasteiger partial charge on any atom is -0.317 e. The standard InChI is InChI=1S/C16H13ClN2S2/c17-11-3-4-12-10(7-11)8-13(20-12)14-15(9-1-2-9)21-16-18-5-6-19(14)16/h3-4,7-9H,1-2,5-6H2. The SMILES string of the molecule is Clc1ccc2sc(C3=C(C4CC4)SC4=NCCN43)cc2c1. The number of allylic oxidation sites excluding steroid dienone is 1. The Hall–Kier alpha value is -0.970. The number of aliphatic imine (C=N–C) groups is 1. The molecule has 2 aromatic rings. The Kier molecular flexibility index (Phi) is 2.70. The number of hydrogen-bond donors (Lipinski definition) is 0. The van der Waals surface area contributed by atoms with Gasteiger partial charge >= 0.3 is 0 Å². The number of fused-ring (bicyclic) bond motifs is 2. The summed E-state index contributed by atoms with van der Waals surface area (Å²) in [5.74, 6) is 0.770. The van der Waals surface area contributed by atoms with Gasteiger partial charge in [0.25, 0.3) is 0 Å². The Morgan fingerprint density at radius 2 is 2.14 bits per heavy atom. The molecule has 0 saturated heterocycles. The van der Waals surface area contributed by atoms with Crippen LogP contribution in [0.4, 0.5) is 0 Å². The molecule has 1 saturated carbocycles. The van der Waals surface area contributed by atoms with E-state index in [2.05, 4.69) is 28.1 Å². The highest BCUT2D eigenvalue weighted by atomic mass is 35.5. The summed E-state index contributed by atoms with van der Waals surface area (Å²) in [6, 6.07) is 8.47. The fourth-order valence-electron chi connectivity index (χ4n) is 3.01. The molecule has 1 fully saturated rings. The first kappa shape index (κ1) is 12.6. The van der Waals surface area contributed by atoms with Gasteiger partial charge in [-0.3, -0.25) is 4.99 Å². The van der Waals surface area contributed by atoms with Crippen molar-refractivity contribution in [2.24, 2.45) is 10.9 Å². The number of halogens is 1. The van der Waals surface area contributed by atoms with Crippen molar-refractivity contribution in [3.63, 3.8) is 0 Å². The third kappa shape index (κ3) is 1.96. The second-order valence-electron chi connectivity index (χ2n) is 5.70. The first-order valence-corrected chi connectivity index (χ1v) is 9.24. The molecule has 2 aliphatic heterocycles. The third-order valence-corrected chi connectivity index (χ3v) is 6.80. The van der Waals surface area contributed by atoms with E-state index < -0.39 is 0 Å². The molecule has 1 aliphatic carbocycles. The summed E-state index contributed by atoms with van der Waals surface area (Å²) < 4.78 is 1.31. The molecule has 0 radical (unpaired) electrons. The van der Waals surface area contributed by atoms with E-state index in [9.17, 15) is 0 Å². The predicted octanol–water partition coefficient (Wildman–Crippen LogP) is 5.05. The van der Waals surface area contributed by atoms with Gasteiger partial charge in [0.15, 0.2) is 5.17 Å². The van der Waals surface area contributed by atoms with E-state index in [-0.39, 0.29) is 0 Å². The summed E-state index contributed by atoms with van der Waals surface area (Å²) in [4.78, 5) is 9.99. The zero-order chi connectivity index (χ0) is 14.0. The topological polar surface area (TPSA) is 15.6 Å². The lowest BCUT2D eigenvalue weighted by molar-refractivity contribution is 0.647. The maximum Gasteiger partial charge on any atom is 0.168 e. The maximum atomic E-state index is 6.12. The lowest BCUT2D eigenvalue weighted by Gasteiger charge is -2.15. The van der Waals surface area contributed by atoms with Gasteiger partial charge in [-0.15, -0.1) is 11.3 Å². The first-order valence-electron chi connectivity index (χ1n) is 7.23. The summed E-state index contributed by atoms with van der Waals surface area (Å²) >= 11 is 9.90. The second kappa shape index (κ2) is 4.51. The Morgan fingerprint density at radius 1 is 1.24 bits per heavy atom. The molecule has 0 bridgehead atoms. The molecular formula is C16H13ClN2S2. The van der Waals surface area contributed by atoms with Gasteiger partial charge in [0, 0.05) is 21.2 Å². The number of nitrogens with zero attached hydrogens (tertiary/aromatic N) is 2. The number of thiophene rings is 1. The zero-order valence-electron chi connectivity index (χ0n) is 11.3. The molecule has 21 heavy (non-hydrogen) atoms. The van der Waals surface area contributed by atoms with Crippen molar-refractivity contribution in [3.05, 3.63) is 39.1 Å². The van der Waals surface area contributed by atoms with E-state index in [0.717, 1.165) is 24.0 Å². The second-order valence-corrected chi connectivity index (χ2v) is 8.23. The molecular weight excluding hydrogens is 320 g/mol. The Morgan fingerprint density at radius 3 is 3.00 bits per heavy atom. The average Bonchev–Trinajstić information content (AvgIpc) is 2.93. The van der Waals surface area contributed by atoms with E-state index in [1.165, 1.54) is 38.7 Å².